The third-order valence-corrected chi connectivity index (χ3v) is 5.56. The lowest BCUT2D eigenvalue weighted by molar-refractivity contribution is -0.834. The van der Waals surface area contributed by atoms with Crippen molar-refractivity contribution in [2.24, 2.45) is 0 Å². The molecule has 3 saturated heterocycles. The summed E-state index contributed by atoms with van der Waals surface area (Å²) in [5, 5.41) is 0. The van der Waals surface area contributed by atoms with Gasteiger partial charge in [-0.25, -0.2) is 4.79 Å². The van der Waals surface area contributed by atoms with Crippen LogP contribution in [0.1, 0.15) is 47.5 Å². The zero-order valence-corrected chi connectivity index (χ0v) is 12.8. The average Bonchev–Trinajstić information content (AvgIpc) is 2.63. The highest BCUT2D eigenvalue weighted by Crippen LogP contribution is 2.47. The summed E-state index contributed by atoms with van der Waals surface area (Å²) < 4.78 is 6.82. The van der Waals surface area contributed by atoms with Gasteiger partial charge in [0.05, 0.1) is 12.1 Å². The van der Waals surface area contributed by atoms with Crippen LogP contribution in [-0.2, 0) is 4.74 Å². The van der Waals surface area contributed by atoms with Crippen LogP contribution >= 0.6 is 0 Å². The second kappa shape index (κ2) is 3.87. The molecule has 2 bridgehead atoms. The van der Waals surface area contributed by atoms with E-state index in [1.807, 2.05) is 25.7 Å². The van der Waals surface area contributed by atoms with Gasteiger partial charge in [0, 0.05) is 0 Å². The molecule has 0 aromatic rings. The number of carbonyl (C=O) groups excluding carboxylic acids is 1. The molecule has 19 heavy (non-hydrogen) atoms. The van der Waals surface area contributed by atoms with Crippen molar-refractivity contribution in [1.29, 1.82) is 0 Å². The van der Waals surface area contributed by atoms with Crippen LogP contribution in [0.4, 0.5) is 4.79 Å². The Hall–Kier alpha value is -0.770. The van der Waals surface area contributed by atoms with Crippen molar-refractivity contribution in [3.63, 3.8) is 0 Å². The summed E-state index contributed by atoms with van der Waals surface area (Å²) >= 11 is 0. The molecule has 0 aromatic carbocycles. The smallest absolute Gasteiger partial charge is 0.411 e. The van der Waals surface area contributed by atoms with Gasteiger partial charge in [0.25, 0.3) is 0 Å². The van der Waals surface area contributed by atoms with E-state index in [4.69, 9.17) is 4.74 Å². The highest BCUT2D eigenvalue weighted by atomic mass is 16.6. The van der Waals surface area contributed by atoms with Crippen LogP contribution in [0.3, 0.4) is 0 Å². The standard InChI is InChI=1S/C15H27N2O2/c1-10-11(2)17(10)8-12-6-7-13(9-17)16(12)14(18)19-15(3,4)5/h10-13H,6-9H2,1-5H3/q+1. The average molecular weight is 267 g/mol. The highest BCUT2D eigenvalue weighted by Gasteiger charge is 2.66. The van der Waals surface area contributed by atoms with Gasteiger partial charge >= 0.3 is 6.09 Å². The van der Waals surface area contributed by atoms with Gasteiger partial charge in [-0.3, -0.25) is 4.90 Å². The molecule has 3 aliphatic rings. The number of rotatable bonds is 0. The number of ether oxygens (including phenoxy) is 1. The number of piperazine rings is 1. The summed E-state index contributed by atoms with van der Waals surface area (Å²) in [6, 6.07) is 2.37. The van der Waals surface area contributed by atoms with Gasteiger partial charge in [-0.05, 0) is 47.5 Å². The fourth-order valence-corrected chi connectivity index (χ4v) is 4.29. The number of fused-ring (bicyclic) bond motifs is 2. The van der Waals surface area contributed by atoms with Crippen molar-refractivity contribution in [2.45, 2.75) is 77.2 Å². The molecule has 4 nitrogen and oxygen atoms in total. The molecular formula is C15H27N2O2+. The summed E-state index contributed by atoms with van der Waals surface area (Å²) in [6.07, 6.45) is 2.21. The highest BCUT2D eigenvalue weighted by molar-refractivity contribution is 5.69. The monoisotopic (exact) mass is 267 g/mol. The van der Waals surface area contributed by atoms with E-state index < -0.39 is 0 Å². The summed E-state index contributed by atoms with van der Waals surface area (Å²) in [5.74, 6) is 0. The van der Waals surface area contributed by atoms with Crippen LogP contribution in [-0.4, -0.2) is 58.3 Å². The van der Waals surface area contributed by atoms with Gasteiger partial charge in [0.1, 0.15) is 30.8 Å². The first kappa shape index (κ1) is 13.2. The Balaban J connectivity index is 1.72. The minimum Gasteiger partial charge on any atom is -0.444 e. The van der Waals surface area contributed by atoms with Crippen molar-refractivity contribution in [3.8, 4) is 0 Å². The third-order valence-electron chi connectivity index (χ3n) is 5.56. The van der Waals surface area contributed by atoms with Gasteiger partial charge in [0.2, 0.25) is 0 Å². The van der Waals surface area contributed by atoms with E-state index in [0.717, 1.165) is 38.0 Å². The Labute approximate surface area is 116 Å². The molecule has 1 amide bonds. The molecule has 4 heteroatoms. The van der Waals surface area contributed by atoms with Crippen LogP contribution in [0.2, 0.25) is 0 Å². The van der Waals surface area contributed by atoms with E-state index in [1.165, 1.54) is 4.48 Å². The van der Waals surface area contributed by atoms with Crippen LogP contribution in [0.25, 0.3) is 0 Å². The number of carbonyl (C=O) groups is 1. The largest absolute Gasteiger partial charge is 0.444 e. The van der Waals surface area contributed by atoms with Gasteiger partial charge in [-0.1, -0.05) is 0 Å². The van der Waals surface area contributed by atoms with Crippen molar-refractivity contribution in [2.75, 3.05) is 13.1 Å². The number of quaternary nitrogens is 1. The molecule has 3 rings (SSSR count). The fourth-order valence-electron chi connectivity index (χ4n) is 4.29. The molecule has 0 saturated carbocycles. The summed E-state index contributed by atoms with van der Waals surface area (Å²) in [6.45, 7) is 12.8. The molecule has 1 spiro atoms. The molecule has 4 unspecified atom stereocenters. The van der Waals surface area contributed by atoms with Crippen LogP contribution in [0.15, 0.2) is 0 Å². The van der Waals surface area contributed by atoms with E-state index in [0.29, 0.717) is 12.1 Å². The van der Waals surface area contributed by atoms with Gasteiger partial charge in [0.15, 0.2) is 0 Å². The molecule has 3 fully saturated rings. The summed E-state index contributed by atoms with van der Waals surface area (Å²) in [5.41, 5.74) is -0.388. The summed E-state index contributed by atoms with van der Waals surface area (Å²) in [4.78, 5) is 14.4. The number of hydrogen-bond donors (Lipinski definition) is 0. The van der Waals surface area contributed by atoms with Crippen molar-refractivity contribution < 1.29 is 14.0 Å². The lowest BCUT2D eigenvalue weighted by atomic mass is 10.2. The van der Waals surface area contributed by atoms with Gasteiger partial charge in [-0.15, -0.1) is 0 Å². The minimum absolute atomic E-state index is 0.0972. The zero-order chi connectivity index (χ0) is 14.0. The second-order valence-corrected chi connectivity index (χ2v) is 7.72. The SMILES string of the molecule is CC1C(C)[N+]12CC1CCC(C2)N1C(=O)OC(C)(C)C. The van der Waals surface area contributed by atoms with Crippen LogP contribution < -0.4 is 0 Å². The van der Waals surface area contributed by atoms with E-state index in [1.54, 1.807) is 0 Å². The Kier molecular flexibility index (Phi) is 2.70. The molecule has 108 valence electrons. The maximum atomic E-state index is 12.4. The molecule has 0 aromatic heterocycles. The third kappa shape index (κ3) is 1.95. The van der Waals surface area contributed by atoms with Crippen molar-refractivity contribution in [1.82, 2.24) is 4.90 Å². The molecule has 3 heterocycles. The second-order valence-electron chi connectivity index (χ2n) is 7.72. The van der Waals surface area contributed by atoms with Gasteiger partial charge in [-0.2, -0.15) is 0 Å². The fraction of sp³-hybridized carbons (Fsp3) is 0.933. The maximum absolute atomic E-state index is 12.4. The minimum atomic E-state index is -0.388. The molecule has 0 aliphatic carbocycles. The molecule has 3 aliphatic heterocycles. The predicted molar refractivity (Wildman–Crippen MR) is 73.8 cm³/mol. The summed E-state index contributed by atoms with van der Waals surface area (Å²) in [7, 11) is 0. The number of hydrogen-bond acceptors (Lipinski definition) is 2. The Morgan fingerprint density at radius 2 is 1.58 bits per heavy atom. The number of nitrogens with zero attached hydrogens (tertiary/aromatic N) is 2. The molecule has 4 atom stereocenters. The van der Waals surface area contributed by atoms with Crippen molar-refractivity contribution in [3.05, 3.63) is 0 Å². The van der Waals surface area contributed by atoms with Crippen LogP contribution in [0, 0.1) is 0 Å². The van der Waals surface area contributed by atoms with Gasteiger partial charge < -0.3 is 9.22 Å². The lowest BCUT2D eigenvalue weighted by Crippen LogP contribution is -2.59. The molecule has 0 N–H and O–H groups in total. The van der Waals surface area contributed by atoms with E-state index in [2.05, 4.69) is 13.8 Å². The first-order chi connectivity index (χ1) is 8.74. The zero-order valence-electron chi connectivity index (χ0n) is 12.8. The maximum Gasteiger partial charge on any atom is 0.411 e. The Bertz CT molecular complexity index is 377. The van der Waals surface area contributed by atoms with Crippen molar-refractivity contribution >= 4 is 6.09 Å². The first-order valence-electron chi connectivity index (χ1n) is 7.62. The first-order valence-corrected chi connectivity index (χ1v) is 7.62. The van der Waals surface area contributed by atoms with E-state index in [-0.39, 0.29) is 11.7 Å². The van der Waals surface area contributed by atoms with E-state index >= 15 is 0 Å². The Morgan fingerprint density at radius 3 is 1.95 bits per heavy atom. The number of amides is 1. The lowest BCUT2D eigenvalue weighted by Gasteiger charge is -2.40. The quantitative estimate of drug-likeness (QED) is 0.498. The Morgan fingerprint density at radius 1 is 1.11 bits per heavy atom. The molecule has 0 radical (unpaired) electrons. The predicted octanol–water partition coefficient (Wildman–Crippen LogP) is 2.38. The normalized spacial score (nSPS) is 44.6. The van der Waals surface area contributed by atoms with E-state index in [9.17, 15) is 4.79 Å². The van der Waals surface area contributed by atoms with Crippen LogP contribution in [0.5, 0.6) is 0 Å². The molecular weight excluding hydrogens is 240 g/mol. The topological polar surface area (TPSA) is 29.5 Å².